The predicted octanol–water partition coefficient (Wildman–Crippen LogP) is 5.74. The van der Waals surface area contributed by atoms with E-state index in [1.165, 1.54) is 64.2 Å². The smallest absolute Gasteiger partial charge is 0.263 e. The largest absolute Gasteiger partial charge is 0.484 e. The van der Waals surface area contributed by atoms with Crippen LogP contribution in [0.15, 0.2) is 58.6 Å². The second-order valence-electron chi connectivity index (χ2n) is 8.68. The maximum Gasteiger partial charge on any atom is 0.263 e. The van der Waals surface area contributed by atoms with E-state index < -0.39 is 0 Å². The normalized spacial score (nSPS) is 16.2. The lowest BCUT2D eigenvalue weighted by atomic mass is 9.96. The van der Waals surface area contributed by atoms with Gasteiger partial charge < -0.3 is 10.1 Å². The van der Waals surface area contributed by atoms with Crippen molar-refractivity contribution in [3.05, 3.63) is 54.2 Å². The van der Waals surface area contributed by atoms with Crippen molar-refractivity contribution >= 4 is 24.0 Å². The van der Waals surface area contributed by atoms with Crippen LogP contribution in [0.4, 0.5) is 5.82 Å². The summed E-state index contributed by atoms with van der Waals surface area (Å²) >= 11 is 0. The molecule has 34 heavy (non-hydrogen) atoms. The average Bonchev–Trinajstić information content (AvgIpc) is 2.90. The third-order valence-electron chi connectivity index (χ3n) is 5.95. The maximum absolute atomic E-state index is 11.6. The fourth-order valence-electron chi connectivity index (χ4n) is 4.02. The van der Waals surface area contributed by atoms with E-state index >= 15 is 0 Å². The summed E-state index contributed by atoms with van der Waals surface area (Å²) in [5, 5.41) is 2.60. The van der Waals surface area contributed by atoms with Crippen LogP contribution >= 0.6 is 0 Å². The number of anilines is 1. The Morgan fingerprint density at radius 3 is 2.09 bits per heavy atom. The Hall–Kier alpha value is -3.31. The van der Waals surface area contributed by atoms with Gasteiger partial charge in [-0.3, -0.25) is 9.59 Å². The van der Waals surface area contributed by atoms with E-state index in [0.29, 0.717) is 29.2 Å². The van der Waals surface area contributed by atoms with Gasteiger partial charge in [0, 0.05) is 11.8 Å². The molecule has 0 atom stereocenters. The van der Waals surface area contributed by atoms with Gasteiger partial charge in [-0.2, -0.15) is 0 Å². The van der Waals surface area contributed by atoms with Crippen LogP contribution < -0.4 is 10.1 Å². The summed E-state index contributed by atoms with van der Waals surface area (Å²) in [6.45, 7) is -0.114. The molecule has 4 rings (SSSR count). The number of nitrogens with zero attached hydrogens (tertiary/aromatic N) is 3. The van der Waals surface area contributed by atoms with Gasteiger partial charge in [-0.25, -0.2) is 15.0 Å². The van der Waals surface area contributed by atoms with Crippen LogP contribution in [0, 0.1) is 0 Å². The number of aromatic nitrogens is 1. The molecular weight excluding hydrogens is 428 g/mol. The molecule has 2 saturated carbocycles. The van der Waals surface area contributed by atoms with Crippen molar-refractivity contribution in [3.8, 4) is 5.75 Å². The van der Waals surface area contributed by atoms with Gasteiger partial charge in [0.25, 0.3) is 5.91 Å². The van der Waals surface area contributed by atoms with Gasteiger partial charge in [-0.05, 0) is 62.1 Å². The monoisotopic (exact) mass is 462 g/mol. The van der Waals surface area contributed by atoms with Crippen LogP contribution in [-0.2, 0) is 4.79 Å². The molecule has 1 heterocycles. The number of hydrogen-bond donors (Lipinski definition) is 1. The van der Waals surface area contributed by atoms with Crippen molar-refractivity contribution in [1.29, 1.82) is 0 Å². The Morgan fingerprint density at radius 1 is 0.941 bits per heavy atom. The zero-order chi connectivity index (χ0) is 23.8. The molecule has 0 bridgehead atoms. The molecule has 1 N–H and O–H groups in total. The second-order valence-corrected chi connectivity index (χ2v) is 8.68. The van der Waals surface area contributed by atoms with E-state index in [0.717, 1.165) is 6.29 Å². The minimum Gasteiger partial charge on any atom is -0.484 e. The lowest BCUT2D eigenvalue weighted by molar-refractivity contribution is -0.118. The molecule has 7 nitrogen and oxygen atoms in total. The summed E-state index contributed by atoms with van der Waals surface area (Å²) < 4.78 is 5.28. The number of amides is 1. The van der Waals surface area contributed by atoms with E-state index in [1.807, 2.05) is 0 Å². The lowest BCUT2D eigenvalue weighted by Crippen LogP contribution is -2.20. The van der Waals surface area contributed by atoms with Crippen molar-refractivity contribution in [3.63, 3.8) is 0 Å². The zero-order valence-electron chi connectivity index (χ0n) is 19.7. The van der Waals surface area contributed by atoms with Gasteiger partial charge >= 0.3 is 0 Å². The van der Waals surface area contributed by atoms with Crippen molar-refractivity contribution in [1.82, 2.24) is 4.98 Å². The molecule has 0 spiro atoms. The molecule has 0 unspecified atom stereocenters. The minimum absolute atomic E-state index is 0.114. The number of pyridine rings is 1. The molecule has 1 amide bonds. The summed E-state index contributed by atoms with van der Waals surface area (Å²) in [7, 11) is 0. The molecule has 2 fully saturated rings. The van der Waals surface area contributed by atoms with Crippen molar-refractivity contribution < 1.29 is 14.3 Å². The minimum atomic E-state index is -0.293. The molecule has 1 aromatic heterocycles. The molecule has 2 aromatic rings. The van der Waals surface area contributed by atoms with Gasteiger partial charge in [0.1, 0.15) is 17.9 Å². The van der Waals surface area contributed by atoms with Gasteiger partial charge in [0.2, 0.25) is 0 Å². The Balaban J connectivity index is 0.000000196. The number of nitrogens with one attached hydrogen (secondary N) is 1. The quantitative estimate of drug-likeness (QED) is 0.420. The summed E-state index contributed by atoms with van der Waals surface area (Å²) in [5.41, 5.74) is 0.560. The summed E-state index contributed by atoms with van der Waals surface area (Å²) in [4.78, 5) is 34.9. The standard InChI is InChI=1S/C14H12N2O3.C13H22N2/c17-9-11-4-6-12(7-5-11)19-10-14(18)16-13-3-1-2-8-15-13;1-3-7-12(8-4-1)14-11-15-13-9-5-2-6-10-13/h1-9H,10H2,(H,15,16,18);12-13H,1-10H2. The van der Waals surface area contributed by atoms with Crippen LogP contribution in [0.2, 0.25) is 0 Å². The van der Waals surface area contributed by atoms with Gasteiger partial charge in [-0.15, -0.1) is 0 Å². The first-order chi connectivity index (χ1) is 16.7. The van der Waals surface area contributed by atoms with Gasteiger partial charge in [0.05, 0.1) is 18.1 Å². The van der Waals surface area contributed by atoms with Crippen molar-refractivity contribution in [2.45, 2.75) is 76.3 Å². The predicted molar refractivity (Wildman–Crippen MR) is 134 cm³/mol. The zero-order valence-corrected chi connectivity index (χ0v) is 19.7. The molecular formula is C27H34N4O3. The van der Waals surface area contributed by atoms with Crippen molar-refractivity contribution in [2.75, 3.05) is 11.9 Å². The number of carbonyl (C=O) groups is 2. The highest BCUT2D eigenvalue weighted by Crippen LogP contribution is 2.21. The molecule has 0 saturated heterocycles. The Morgan fingerprint density at radius 2 is 1.56 bits per heavy atom. The van der Waals surface area contributed by atoms with E-state index in [1.54, 1.807) is 48.7 Å². The van der Waals surface area contributed by atoms with Crippen LogP contribution in [0.25, 0.3) is 0 Å². The Labute approximate surface area is 201 Å². The van der Waals surface area contributed by atoms with Crippen LogP contribution in [-0.4, -0.2) is 41.9 Å². The highest BCUT2D eigenvalue weighted by atomic mass is 16.5. The van der Waals surface area contributed by atoms with Gasteiger partial charge in [0.15, 0.2) is 6.61 Å². The first-order valence-electron chi connectivity index (χ1n) is 12.3. The molecule has 1 aromatic carbocycles. The van der Waals surface area contributed by atoms with E-state index in [4.69, 9.17) is 4.74 Å². The van der Waals surface area contributed by atoms with E-state index in [2.05, 4.69) is 26.3 Å². The van der Waals surface area contributed by atoms with Crippen LogP contribution in [0.3, 0.4) is 0 Å². The second kappa shape index (κ2) is 14.8. The number of ether oxygens (including phenoxy) is 1. The molecule has 7 heteroatoms. The maximum atomic E-state index is 11.6. The van der Waals surface area contributed by atoms with E-state index in [-0.39, 0.29) is 12.5 Å². The highest BCUT2D eigenvalue weighted by molar-refractivity contribution is 5.90. The highest BCUT2D eigenvalue weighted by Gasteiger charge is 2.12. The van der Waals surface area contributed by atoms with Gasteiger partial charge in [-0.1, -0.05) is 44.6 Å². The number of rotatable bonds is 7. The number of benzene rings is 1. The summed E-state index contributed by atoms with van der Waals surface area (Å²) in [5.74, 6) is 0.715. The van der Waals surface area contributed by atoms with E-state index in [9.17, 15) is 9.59 Å². The lowest BCUT2D eigenvalue weighted by Gasteiger charge is -2.17. The number of carbonyl (C=O) groups excluding carboxylic acids is 2. The fraction of sp³-hybridized carbons (Fsp3) is 0.481. The first kappa shape index (κ1) is 25.3. The number of aldehydes is 1. The number of aliphatic imine (C=N–C) groups is 2. The summed E-state index contributed by atoms with van der Waals surface area (Å²) in [6, 6.07) is 15.8. The average molecular weight is 463 g/mol. The molecule has 2 aliphatic carbocycles. The SMILES string of the molecule is C(=NC1CCCCC1)=NC1CCCCC1.O=Cc1ccc(OCC(=O)Nc2ccccn2)cc1. The molecule has 0 aliphatic heterocycles. The number of hydrogen-bond acceptors (Lipinski definition) is 6. The molecule has 2 aliphatic rings. The van der Waals surface area contributed by atoms with Crippen LogP contribution in [0.5, 0.6) is 5.75 Å². The Kier molecular flexibility index (Phi) is 11.0. The molecule has 180 valence electrons. The first-order valence-corrected chi connectivity index (χ1v) is 12.3. The fourth-order valence-corrected chi connectivity index (χ4v) is 4.02. The molecule has 0 radical (unpaired) electrons. The van der Waals surface area contributed by atoms with Crippen LogP contribution in [0.1, 0.15) is 74.6 Å². The Bertz CT molecular complexity index is 906. The topological polar surface area (TPSA) is 93.0 Å². The third-order valence-corrected chi connectivity index (χ3v) is 5.95. The summed E-state index contributed by atoms with van der Waals surface area (Å²) in [6.07, 6.45) is 15.5. The van der Waals surface area contributed by atoms with Crippen molar-refractivity contribution in [2.24, 2.45) is 9.98 Å². The third kappa shape index (κ3) is 9.67.